The van der Waals surface area contributed by atoms with Gasteiger partial charge in [0.1, 0.15) is 12.2 Å². The zero-order valence-electron chi connectivity index (χ0n) is 11.0. The lowest BCUT2D eigenvalue weighted by atomic mass is 10.3. The van der Waals surface area contributed by atoms with Gasteiger partial charge in [-0.2, -0.15) is 5.10 Å². The highest BCUT2D eigenvalue weighted by molar-refractivity contribution is 7.84. The summed E-state index contributed by atoms with van der Waals surface area (Å²) in [6.07, 6.45) is 4.25. The van der Waals surface area contributed by atoms with E-state index >= 15 is 0 Å². The van der Waals surface area contributed by atoms with Crippen LogP contribution in [0.4, 0.5) is 0 Å². The first-order chi connectivity index (χ1) is 8.02. The highest BCUT2D eigenvalue weighted by Crippen LogP contribution is 2.04. The minimum atomic E-state index is -0.735. The number of hydrogen-bond acceptors (Lipinski definition) is 4. The molecule has 6 heteroatoms. The van der Waals surface area contributed by atoms with Crippen molar-refractivity contribution in [2.75, 3.05) is 12.8 Å². The van der Waals surface area contributed by atoms with Gasteiger partial charge in [-0.3, -0.25) is 4.21 Å². The van der Waals surface area contributed by atoms with Gasteiger partial charge in [-0.1, -0.05) is 6.92 Å². The second kappa shape index (κ2) is 6.86. The third-order valence-electron chi connectivity index (χ3n) is 2.71. The Hall–Kier alpha value is -0.750. The summed E-state index contributed by atoms with van der Waals surface area (Å²) < 4.78 is 13.1. The molecule has 2 atom stereocenters. The Kier molecular flexibility index (Phi) is 5.77. The SMILES string of the molecule is CC(C)n1ncnc1CNCCC(C)S(C)=O. The molecule has 0 amide bonds. The lowest BCUT2D eigenvalue weighted by Gasteiger charge is -2.11. The van der Waals surface area contributed by atoms with Crippen molar-refractivity contribution in [1.29, 1.82) is 0 Å². The fraction of sp³-hybridized carbons (Fsp3) is 0.818. The lowest BCUT2D eigenvalue weighted by molar-refractivity contribution is 0.488. The van der Waals surface area contributed by atoms with Crippen molar-refractivity contribution >= 4 is 10.8 Å². The summed E-state index contributed by atoms with van der Waals surface area (Å²) in [7, 11) is -0.735. The van der Waals surface area contributed by atoms with Crippen LogP contribution >= 0.6 is 0 Å². The third kappa shape index (κ3) is 4.55. The fourth-order valence-corrected chi connectivity index (χ4v) is 1.95. The van der Waals surface area contributed by atoms with E-state index in [9.17, 15) is 4.21 Å². The molecule has 5 nitrogen and oxygen atoms in total. The van der Waals surface area contributed by atoms with Crippen molar-refractivity contribution in [3.8, 4) is 0 Å². The highest BCUT2D eigenvalue weighted by atomic mass is 32.2. The van der Waals surface area contributed by atoms with E-state index in [4.69, 9.17) is 0 Å². The fourth-order valence-electron chi connectivity index (χ4n) is 1.50. The first-order valence-corrected chi connectivity index (χ1v) is 7.55. The Morgan fingerprint density at radius 3 is 2.76 bits per heavy atom. The average molecular weight is 258 g/mol. The molecule has 0 aromatic carbocycles. The molecule has 0 aliphatic heterocycles. The van der Waals surface area contributed by atoms with Crippen molar-refractivity contribution in [3.63, 3.8) is 0 Å². The topological polar surface area (TPSA) is 59.8 Å². The van der Waals surface area contributed by atoms with Crippen LogP contribution < -0.4 is 5.32 Å². The Morgan fingerprint density at radius 1 is 1.47 bits per heavy atom. The Balaban J connectivity index is 2.31. The summed E-state index contributed by atoms with van der Waals surface area (Å²) >= 11 is 0. The summed E-state index contributed by atoms with van der Waals surface area (Å²) in [6.45, 7) is 7.74. The predicted molar refractivity (Wildman–Crippen MR) is 70.3 cm³/mol. The maximum Gasteiger partial charge on any atom is 0.141 e. The van der Waals surface area contributed by atoms with Crippen LogP contribution in [0.3, 0.4) is 0 Å². The van der Waals surface area contributed by atoms with Crippen LogP contribution in [0, 0.1) is 0 Å². The highest BCUT2D eigenvalue weighted by Gasteiger charge is 2.08. The summed E-state index contributed by atoms with van der Waals surface area (Å²) in [4.78, 5) is 4.22. The van der Waals surface area contributed by atoms with Crippen molar-refractivity contribution < 1.29 is 4.21 Å². The Bertz CT molecular complexity index is 364. The monoisotopic (exact) mass is 258 g/mol. The van der Waals surface area contributed by atoms with Crippen LogP contribution in [0.1, 0.15) is 39.1 Å². The molecule has 0 aliphatic carbocycles. The molecule has 98 valence electrons. The number of aromatic nitrogens is 3. The van der Waals surface area contributed by atoms with E-state index in [0.717, 1.165) is 18.8 Å². The van der Waals surface area contributed by atoms with E-state index in [2.05, 4.69) is 29.2 Å². The molecule has 2 unspecified atom stereocenters. The zero-order valence-corrected chi connectivity index (χ0v) is 11.8. The summed E-state index contributed by atoms with van der Waals surface area (Å²) in [5, 5.41) is 7.73. The standard InChI is InChI=1S/C11H22N4OS/c1-9(2)15-11(13-8-14-15)7-12-6-5-10(3)17(4)16/h8-10,12H,5-7H2,1-4H3. The molecule has 1 aromatic rings. The summed E-state index contributed by atoms with van der Waals surface area (Å²) in [5.74, 6) is 0.949. The Labute approximate surface area is 105 Å². The van der Waals surface area contributed by atoms with E-state index in [1.807, 2.05) is 11.6 Å². The van der Waals surface area contributed by atoms with Gasteiger partial charge in [-0.05, 0) is 26.8 Å². The number of nitrogens with zero attached hydrogens (tertiary/aromatic N) is 3. The summed E-state index contributed by atoms with van der Waals surface area (Å²) in [6, 6.07) is 0.330. The third-order valence-corrected chi connectivity index (χ3v) is 4.08. The molecule has 0 fully saturated rings. The van der Waals surface area contributed by atoms with Gasteiger partial charge < -0.3 is 5.32 Å². The number of nitrogens with one attached hydrogen (secondary N) is 1. The lowest BCUT2D eigenvalue weighted by Crippen LogP contribution is -2.23. The second-order valence-electron chi connectivity index (χ2n) is 4.49. The zero-order chi connectivity index (χ0) is 12.8. The maximum absolute atomic E-state index is 11.2. The molecule has 0 aliphatic rings. The molecule has 0 saturated carbocycles. The molecular formula is C11H22N4OS. The smallest absolute Gasteiger partial charge is 0.141 e. The molecule has 0 saturated heterocycles. The molecule has 1 aromatic heterocycles. The van der Waals surface area contributed by atoms with Crippen LogP contribution in [0.5, 0.6) is 0 Å². The molecule has 0 spiro atoms. The molecule has 1 N–H and O–H groups in total. The van der Waals surface area contributed by atoms with Gasteiger partial charge in [0.05, 0.1) is 6.54 Å². The van der Waals surface area contributed by atoms with E-state index in [1.165, 1.54) is 0 Å². The molecular weight excluding hydrogens is 236 g/mol. The van der Waals surface area contributed by atoms with Crippen molar-refractivity contribution in [2.45, 2.75) is 45.0 Å². The van der Waals surface area contributed by atoms with Gasteiger partial charge in [0.2, 0.25) is 0 Å². The van der Waals surface area contributed by atoms with Crippen LogP contribution in [0.15, 0.2) is 6.33 Å². The van der Waals surface area contributed by atoms with Crippen LogP contribution in [-0.2, 0) is 17.3 Å². The van der Waals surface area contributed by atoms with Crippen LogP contribution in [-0.4, -0.2) is 37.0 Å². The number of hydrogen-bond donors (Lipinski definition) is 1. The van der Waals surface area contributed by atoms with Crippen molar-refractivity contribution in [3.05, 3.63) is 12.2 Å². The van der Waals surface area contributed by atoms with E-state index in [1.54, 1.807) is 12.6 Å². The molecule has 17 heavy (non-hydrogen) atoms. The van der Waals surface area contributed by atoms with E-state index < -0.39 is 10.8 Å². The van der Waals surface area contributed by atoms with Crippen LogP contribution in [0.25, 0.3) is 0 Å². The molecule has 0 radical (unpaired) electrons. The van der Waals surface area contributed by atoms with Gasteiger partial charge in [-0.25, -0.2) is 9.67 Å². The van der Waals surface area contributed by atoms with Gasteiger partial charge in [-0.15, -0.1) is 0 Å². The quantitative estimate of drug-likeness (QED) is 0.744. The van der Waals surface area contributed by atoms with Gasteiger partial charge in [0.25, 0.3) is 0 Å². The van der Waals surface area contributed by atoms with Gasteiger partial charge >= 0.3 is 0 Å². The van der Waals surface area contributed by atoms with Crippen molar-refractivity contribution in [1.82, 2.24) is 20.1 Å². The second-order valence-corrected chi connectivity index (χ2v) is 6.29. The first kappa shape index (κ1) is 14.3. The summed E-state index contributed by atoms with van der Waals surface area (Å²) in [5.41, 5.74) is 0. The Morgan fingerprint density at radius 2 is 2.18 bits per heavy atom. The van der Waals surface area contributed by atoms with E-state index in [0.29, 0.717) is 12.6 Å². The average Bonchev–Trinajstić information content (AvgIpc) is 2.72. The largest absolute Gasteiger partial charge is 0.310 e. The minimum Gasteiger partial charge on any atom is -0.310 e. The first-order valence-electron chi connectivity index (χ1n) is 5.93. The van der Waals surface area contributed by atoms with E-state index in [-0.39, 0.29) is 5.25 Å². The minimum absolute atomic E-state index is 0.241. The predicted octanol–water partition coefficient (Wildman–Crippen LogP) is 1.11. The molecule has 1 rings (SSSR count). The van der Waals surface area contributed by atoms with Crippen molar-refractivity contribution in [2.24, 2.45) is 0 Å². The molecule has 1 heterocycles. The normalized spacial score (nSPS) is 15.1. The van der Waals surface area contributed by atoms with Crippen LogP contribution in [0.2, 0.25) is 0 Å². The maximum atomic E-state index is 11.2. The molecule has 0 bridgehead atoms. The number of rotatable bonds is 7. The van der Waals surface area contributed by atoms with Gasteiger partial charge in [0, 0.05) is 28.3 Å². The van der Waals surface area contributed by atoms with Gasteiger partial charge in [0.15, 0.2) is 0 Å².